The summed E-state index contributed by atoms with van der Waals surface area (Å²) in [5.74, 6) is 4.13. The number of fused-ring (bicyclic) bond motifs is 5. The van der Waals surface area contributed by atoms with Gasteiger partial charge in [0.05, 0.1) is 0 Å². The first-order valence-corrected chi connectivity index (χ1v) is 9.09. The van der Waals surface area contributed by atoms with Gasteiger partial charge in [-0.15, -0.1) is 0 Å². The fourth-order valence-corrected chi connectivity index (χ4v) is 7.07. The van der Waals surface area contributed by atoms with E-state index < -0.39 is 0 Å². The quantitative estimate of drug-likeness (QED) is 0.608. The van der Waals surface area contributed by atoms with Gasteiger partial charge >= 0.3 is 0 Å². The third-order valence-corrected chi connectivity index (χ3v) is 8.29. The van der Waals surface area contributed by atoms with Crippen LogP contribution in [0.2, 0.25) is 0 Å². The molecule has 0 aromatic rings. The first kappa shape index (κ1) is 13.3. The van der Waals surface area contributed by atoms with E-state index >= 15 is 0 Å². The molecule has 0 aromatic carbocycles. The summed E-state index contributed by atoms with van der Waals surface area (Å²) in [6, 6.07) is 0. The first-order valence-electron chi connectivity index (χ1n) is 9.09. The van der Waals surface area contributed by atoms with Crippen LogP contribution in [0.5, 0.6) is 0 Å². The van der Waals surface area contributed by atoms with Gasteiger partial charge < -0.3 is 0 Å². The SMILES string of the molecule is C[C@]12CC[C@H]3[C@@H](CCC4CCCC[C@]43C)[C@@H]1CCC2=O. The van der Waals surface area contributed by atoms with Gasteiger partial charge in [-0.1, -0.05) is 26.7 Å². The smallest absolute Gasteiger partial charge is 0.139 e. The minimum absolute atomic E-state index is 0.0685. The highest BCUT2D eigenvalue weighted by molar-refractivity contribution is 5.87. The van der Waals surface area contributed by atoms with Gasteiger partial charge in [-0.3, -0.25) is 4.79 Å². The number of ketones is 1. The van der Waals surface area contributed by atoms with Crippen LogP contribution >= 0.6 is 0 Å². The first-order chi connectivity index (χ1) is 9.56. The van der Waals surface area contributed by atoms with Gasteiger partial charge in [0, 0.05) is 11.8 Å². The molecule has 6 atom stereocenters. The van der Waals surface area contributed by atoms with Gasteiger partial charge in [-0.2, -0.15) is 0 Å². The molecule has 0 amide bonds. The van der Waals surface area contributed by atoms with Gasteiger partial charge in [0.15, 0.2) is 0 Å². The predicted molar refractivity (Wildman–Crippen MR) is 81.4 cm³/mol. The summed E-state index contributed by atoms with van der Waals surface area (Å²) >= 11 is 0. The Labute approximate surface area is 123 Å². The van der Waals surface area contributed by atoms with Gasteiger partial charge in [-0.05, 0) is 74.0 Å². The summed E-state index contributed by atoms with van der Waals surface area (Å²) in [6.45, 7) is 4.92. The summed E-state index contributed by atoms with van der Waals surface area (Å²) in [5.41, 5.74) is 0.688. The molecule has 1 unspecified atom stereocenters. The molecule has 0 N–H and O–H groups in total. The van der Waals surface area contributed by atoms with Crippen molar-refractivity contribution >= 4 is 5.78 Å². The standard InChI is InChI=1S/C19H30O/c1-18-11-4-3-5-13(18)6-7-14-15-8-9-17(20)19(15,2)12-10-16(14)18/h13-16H,3-12H2,1-2H3/t13?,14-,15-,16-,18+,19-/m0/s1. The molecule has 20 heavy (non-hydrogen) atoms. The van der Waals surface area contributed by atoms with Crippen molar-refractivity contribution in [1.29, 1.82) is 0 Å². The molecule has 0 saturated heterocycles. The monoisotopic (exact) mass is 274 g/mol. The maximum Gasteiger partial charge on any atom is 0.139 e. The maximum absolute atomic E-state index is 12.4. The Morgan fingerprint density at radius 3 is 2.60 bits per heavy atom. The number of carbonyl (C=O) groups excluding carboxylic acids is 1. The normalized spacial score (nSPS) is 55.0. The van der Waals surface area contributed by atoms with E-state index in [1.54, 1.807) is 0 Å². The van der Waals surface area contributed by atoms with Crippen LogP contribution < -0.4 is 0 Å². The molecule has 1 heteroatoms. The van der Waals surface area contributed by atoms with E-state index in [0.29, 0.717) is 11.2 Å². The summed E-state index contributed by atoms with van der Waals surface area (Å²) < 4.78 is 0. The number of rotatable bonds is 0. The summed E-state index contributed by atoms with van der Waals surface area (Å²) in [4.78, 5) is 12.4. The van der Waals surface area contributed by atoms with Crippen molar-refractivity contribution in [2.45, 2.75) is 78.1 Å². The number of hydrogen-bond donors (Lipinski definition) is 0. The van der Waals surface area contributed by atoms with Crippen LogP contribution in [0.15, 0.2) is 0 Å². The average molecular weight is 274 g/mol. The third-order valence-electron chi connectivity index (χ3n) is 8.29. The Morgan fingerprint density at radius 1 is 0.900 bits per heavy atom. The molecule has 4 rings (SSSR count). The van der Waals surface area contributed by atoms with E-state index in [1.807, 2.05) is 0 Å². The molecule has 0 radical (unpaired) electrons. The second-order valence-corrected chi connectivity index (χ2v) is 8.82. The molecule has 4 aliphatic rings. The van der Waals surface area contributed by atoms with Crippen molar-refractivity contribution in [3.05, 3.63) is 0 Å². The van der Waals surface area contributed by atoms with E-state index in [4.69, 9.17) is 0 Å². The van der Waals surface area contributed by atoms with Crippen LogP contribution in [0.25, 0.3) is 0 Å². The molecule has 0 aromatic heterocycles. The largest absolute Gasteiger partial charge is 0.299 e. The second-order valence-electron chi connectivity index (χ2n) is 8.82. The molecule has 4 aliphatic carbocycles. The van der Waals surface area contributed by atoms with Crippen LogP contribution in [0.3, 0.4) is 0 Å². The molecule has 0 bridgehead atoms. The number of Topliss-reactive ketones (excluding diaryl/α,β-unsaturated/α-hetero) is 1. The van der Waals surface area contributed by atoms with E-state index in [-0.39, 0.29) is 5.41 Å². The molecular weight excluding hydrogens is 244 g/mol. The zero-order valence-corrected chi connectivity index (χ0v) is 13.3. The zero-order chi connectivity index (χ0) is 14.0. The van der Waals surface area contributed by atoms with Gasteiger partial charge in [0.1, 0.15) is 5.78 Å². The summed E-state index contributed by atoms with van der Waals surface area (Å²) in [6.07, 6.45) is 13.4. The van der Waals surface area contributed by atoms with Crippen LogP contribution in [-0.2, 0) is 4.79 Å². The summed E-state index contributed by atoms with van der Waals surface area (Å²) in [5, 5.41) is 0. The highest BCUT2D eigenvalue weighted by Crippen LogP contribution is 2.65. The van der Waals surface area contributed by atoms with E-state index in [2.05, 4.69) is 13.8 Å². The number of hydrogen-bond acceptors (Lipinski definition) is 1. The van der Waals surface area contributed by atoms with Crippen LogP contribution in [0.1, 0.15) is 78.1 Å². The lowest BCUT2D eigenvalue weighted by molar-refractivity contribution is -0.138. The van der Waals surface area contributed by atoms with E-state index in [9.17, 15) is 4.79 Å². The fourth-order valence-electron chi connectivity index (χ4n) is 7.07. The van der Waals surface area contributed by atoms with Crippen molar-refractivity contribution < 1.29 is 4.79 Å². The van der Waals surface area contributed by atoms with Crippen LogP contribution in [-0.4, -0.2) is 5.78 Å². The fraction of sp³-hybridized carbons (Fsp3) is 0.947. The minimum atomic E-state index is 0.0685. The molecule has 4 fully saturated rings. The van der Waals surface area contributed by atoms with Crippen molar-refractivity contribution in [3.8, 4) is 0 Å². The zero-order valence-electron chi connectivity index (χ0n) is 13.3. The average Bonchev–Trinajstić information content (AvgIpc) is 2.74. The van der Waals surface area contributed by atoms with Gasteiger partial charge in [0.25, 0.3) is 0 Å². The Balaban J connectivity index is 1.66. The Morgan fingerprint density at radius 2 is 1.75 bits per heavy atom. The van der Waals surface area contributed by atoms with Crippen molar-refractivity contribution in [3.63, 3.8) is 0 Å². The third kappa shape index (κ3) is 1.58. The van der Waals surface area contributed by atoms with Crippen molar-refractivity contribution in [1.82, 2.24) is 0 Å². The van der Waals surface area contributed by atoms with Crippen LogP contribution in [0, 0.1) is 34.5 Å². The van der Waals surface area contributed by atoms with Crippen LogP contribution in [0.4, 0.5) is 0 Å². The molecular formula is C19H30O. The molecule has 4 saturated carbocycles. The Kier molecular flexibility index (Phi) is 2.89. The topological polar surface area (TPSA) is 17.1 Å². The molecule has 112 valence electrons. The highest BCUT2D eigenvalue weighted by Gasteiger charge is 2.59. The lowest BCUT2D eigenvalue weighted by atomic mass is 9.45. The lowest BCUT2D eigenvalue weighted by Gasteiger charge is -2.59. The second kappa shape index (κ2) is 4.34. The Bertz CT molecular complexity index is 427. The van der Waals surface area contributed by atoms with Gasteiger partial charge in [-0.25, -0.2) is 0 Å². The molecule has 0 heterocycles. The molecule has 0 aliphatic heterocycles. The maximum atomic E-state index is 12.4. The van der Waals surface area contributed by atoms with E-state index in [0.717, 1.165) is 30.1 Å². The minimum Gasteiger partial charge on any atom is -0.299 e. The van der Waals surface area contributed by atoms with Gasteiger partial charge in [0.2, 0.25) is 0 Å². The van der Waals surface area contributed by atoms with Crippen molar-refractivity contribution in [2.75, 3.05) is 0 Å². The predicted octanol–water partition coefficient (Wildman–Crippen LogP) is 4.99. The van der Waals surface area contributed by atoms with Crippen molar-refractivity contribution in [2.24, 2.45) is 34.5 Å². The summed E-state index contributed by atoms with van der Waals surface area (Å²) in [7, 11) is 0. The lowest BCUT2D eigenvalue weighted by Crippen LogP contribution is -2.52. The van der Waals surface area contributed by atoms with E-state index in [1.165, 1.54) is 57.8 Å². The highest BCUT2D eigenvalue weighted by atomic mass is 16.1. The molecule has 0 spiro atoms. The molecule has 1 nitrogen and oxygen atoms in total. The number of carbonyl (C=O) groups is 1. The Hall–Kier alpha value is -0.330.